The summed E-state index contributed by atoms with van der Waals surface area (Å²) in [5.74, 6) is 0.732. The normalized spacial score (nSPS) is 18.7. The van der Waals surface area contributed by atoms with Gasteiger partial charge in [0.15, 0.2) is 0 Å². The number of aryl methyl sites for hydroxylation is 1. The lowest BCUT2D eigenvalue weighted by molar-refractivity contribution is 0.0548. The van der Waals surface area contributed by atoms with Gasteiger partial charge in [0.1, 0.15) is 18.5 Å². The number of halogens is 1. The Morgan fingerprint density at radius 3 is 2.71 bits per heavy atom. The molecular formula is C15H24ClN3O2. The second-order valence-electron chi connectivity index (χ2n) is 5.53. The van der Waals surface area contributed by atoms with Gasteiger partial charge in [0.25, 0.3) is 0 Å². The quantitative estimate of drug-likeness (QED) is 0.825. The average molecular weight is 314 g/mol. The van der Waals surface area contributed by atoms with Gasteiger partial charge >= 0.3 is 0 Å². The molecule has 1 saturated heterocycles. The van der Waals surface area contributed by atoms with Crippen LogP contribution >= 0.6 is 11.6 Å². The molecule has 118 valence electrons. The Hall–Kier alpha value is -0.850. The number of rotatable bonds is 6. The van der Waals surface area contributed by atoms with Crippen molar-refractivity contribution in [3.05, 3.63) is 28.8 Å². The van der Waals surface area contributed by atoms with E-state index in [1.54, 1.807) is 6.07 Å². The number of hydrogen-bond donors (Lipinski definition) is 2. The summed E-state index contributed by atoms with van der Waals surface area (Å²) in [6.07, 6.45) is -0.541. The van der Waals surface area contributed by atoms with Crippen molar-refractivity contribution in [3.8, 4) is 5.75 Å². The number of ether oxygens (including phenoxy) is 1. The number of aliphatic hydroxyl groups excluding tert-OH is 1. The highest BCUT2D eigenvalue weighted by Gasteiger charge is 2.14. The number of aliphatic hydroxyl groups is 1. The van der Waals surface area contributed by atoms with Crippen molar-refractivity contribution in [2.24, 2.45) is 0 Å². The smallest absolute Gasteiger partial charge is 0.119 e. The zero-order chi connectivity index (χ0) is 15.2. The van der Waals surface area contributed by atoms with Gasteiger partial charge in [-0.25, -0.2) is 5.01 Å². The largest absolute Gasteiger partial charge is 0.491 e. The minimum atomic E-state index is -0.541. The Morgan fingerprint density at radius 2 is 2.05 bits per heavy atom. The Balaban J connectivity index is 1.67. The number of hydrogen-bond acceptors (Lipinski definition) is 5. The van der Waals surface area contributed by atoms with Crippen LogP contribution in [0.15, 0.2) is 18.2 Å². The lowest BCUT2D eigenvalue weighted by Gasteiger charge is -2.33. The molecule has 5 nitrogen and oxygen atoms in total. The predicted molar refractivity (Wildman–Crippen MR) is 84.8 cm³/mol. The molecule has 1 unspecified atom stereocenters. The second-order valence-corrected chi connectivity index (χ2v) is 5.94. The van der Waals surface area contributed by atoms with Gasteiger partial charge in [0.2, 0.25) is 0 Å². The number of benzene rings is 1. The first kappa shape index (κ1) is 16.5. The van der Waals surface area contributed by atoms with Crippen LogP contribution in [0, 0.1) is 6.92 Å². The Bertz CT molecular complexity index is 451. The monoisotopic (exact) mass is 313 g/mol. The summed E-state index contributed by atoms with van der Waals surface area (Å²) in [4.78, 5) is 2.29. The fourth-order valence-corrected chi connectivity index (χ4v) is 2.27. The molecule has 2 rings (SSSR count). The van der Waals surface area contributed by atoms with Crippen LogP contribution in [0.25, 0.3) is 0 Å². The van der Waals surface area contributed by atoms with Crippen molar-refractivity contribution in [1.82, 2.24) is 15.3 Å². The average Bonchev–Trinajstić information content (AvgIpc) is 2.48. The minimum absolute atomic E-state index is 0.266. The van der Waals surface area contributed by atoms with Crippen molar-refractivity contribution in [2.75, 3.05) is 46.4 Å². The predicted octanol–water partition coefficient (Wildman–Crippen LogP) is 1.14. The summed E-state index contributed by atoms with van der Waals surface area (Å²) >= 11 is 5.97. The highest BCUT2D eigenvalue weighted by atomic mass is 35.5. The van der Waals surface area contributed by atoms with E-state index in [0.29, 0.717) is 6.54 Å². The Labute approximate surface area is 131 Å². The highest BCUT2D eigenvalue weighted by molar-refractivity contribution is 6.31. The van der Waals surface area contributed by atoms with Crippen molar-refractivity contribution in [2.45, 2.75) is 13.0 Å². The van der Waals surface area contributed by atoms with Crippen LogP contribution < -0.4 is 10.2 Å². The SMILES string of the molecule is Cc1cc(OCC(O)CNN2CCN(C)CC2)ccc1Cl. The molecule has 0 saturated carbocycles. The van der Waals surface area contributed by atoms with E-state index in [1.807, 2.05) is 19.1 Å². The number of hydrazine groups is 1. The van der Waals surface area contributed by atoms with Crippen LogP contribution in [0.2, 0.25) is 5.02 Å². The summed E-state index contributed by atoms with van der Waals surface area (Å²) < 4.78 is 5.59. The molecule has 0 spiro atoms. The van der Waals surface area contributed by atoms with Gasteiger partial charge in [0, 0.05) is 37.7 Å². The van der Waals surface area contributed by atoms with Gasteiger partial charge in [-0.1, -0.05) is 11.6 Å². The van der Waals surface area contributed by atoms with Crippen molar-refractivity contribution < 1.29 is 9.84 Å². The fraction of sp³-hybridized carbons (Fsp3) is 0.600. The first-order valence-electron chi connectivity index (χ1n) is 7.28. The van der Waals surface area contributed by atoms with Gasteiger partial charge in [-0.05, 0) is 37.7 Å². The van der Waals surface area contributed by atoms with E-state index in [-0.39, 0.29) is 6.61 Å². The molecule has 1 aromatic rings. The third-order valence-corrected chi connectivity index (χ3v) is 4.05. The maximum atomic E-state index is 9.97. The molecule has 6 heteroatoms. The fourth-order valence-electron chi connectivity index (χ4n) is 2.16. The Kier molecular flexibility index (Phi) is 6.26. The molecule has 1 fully saturated rings. The highest BCUT2D eigenvalue weighted by Crippen LogP contribution is 2.21. The topological polar surface area (TPSA) is 48.0 Å². The minimum Gasteiger partial charge on any atom is -0.491 e. The van der Waals surface area contributed by atoms with Crippen LogP contribution in [-0.2, 0) is 0 Å². The number of nitrogens with one attached hydrogen (secondary N) is 1. The van der Waals surface area contributed by atoms with Crippen molar-refractivity contribution >= 4 is 11.6 Å². The Morgan fingerprint density at radius 1 is 1.33 bits per heavy atom. The van der Waals surface area contributed by atoms with Crippen LogP contribution in [0.1, 0.15) is 5.56 Å². The zero-order valence-electron chi connectivity index (χ0n) is 12.7. The van der Waals surface area contributed by atoms with E-state index >= 15 is 0 Å². The second kappa shape index (κ2) is 7.96. The van der Waals surface area contributed by atoms with E-state index in [4.69, 9.17) is 16.3 Å². The van der Waals surface area contributed by atoms with Gasteiger partial charge < -0.3 is 14.7 Å². The van der Waals surface area contributed by atoms with Crippen molar-refractivity contribution in [1.29, 1.82) is 0 Å². The molecule has 21 heavy (non-hydrogen) atoms. The summed E-state index contributed by atoms with van der Waals surface area (Å²) in [5.41, 5.74) is 4.23. The summed E-state index contributed by atoms with van der Waals surface area (Å²) in [6, 6.07) is 5.50. The first-order valence-corrected chi connectivity index (χ1v) is 7.66. The third-order valence-electron chi connectivity index (χ3n) is 3.63. The molecule has 1 atom stereocenters. The number of piperazine rings is 1. The molecule has 2 N–H and O–H groups in total. The number of nitrogens with zero attached hydrogens (tertiary/aromatic N) is 2. The first-order chi connectivity index (χ1) is 10.0. The standard InChI is InChI=1S/C15H24ClN3O2/c1-12-9-14(3-4-15(12)16)21-11-13(20)10-17-19-7-5-18(2)6-8-19/h3-4,9,13,17,20H,5-8,10-11H2,1-2H3. The van der Waals surface area contributed by atoms with Crippen molar-refractivity contribution in [3.63, 3.8) is 0 Å². The van der Waals surface area contributed by atoms with E-state index in [0.717, 1.165) is 42.5 Å². The zero-order valence-corrected chi connectivity index (χ0v) is 13.4. The van der Waals surface area contributed by atoms with Gasteiger partial charge in [-0.15, -0.1) is 0 Å². The van der Waals surface area contributed by atoms with Gasteiger partial charge in [-0.2, -0.15) is 0 Å². The molecule has 1 heterocycles. The molecule has 0 aromatic heterocycles. The van der Waals surface area contributed by atoms with Crippen LogP contribution in [0.3, 0.4) is 0 Å². The molecule has 0 bridgehead atoms. The summed E-state index contributed by atoms with van der Waals surface area (Å²) in [6.45, 7) is 6.73. The van der Waals surface area contributed by atoms with E-state index in [2.05, 4.69) is 22.4 Å². The summed E-state index contributed by atoms with van der Waals surface area (Å²) in [7, 11) is 2.12. The molecule has 1 aliphatic heterocycles. The molecule has 1 aliphatic rings. The van der Waals surface area contributed by atoms with Crippen LogP contribution in [0.4, 0.5) is 0 Å². The van der Waals surface area contributed by atoms with Gasteiger partial charge in [0.05, 0.1) is 0 Å². The molecule has 0 amide bonds. The van der Waals surface area contributed by atoms with E-state index < -0.39 is 6.10 Å². The molecule has 0 radical (unpaired) electrons. The van der Waals surface area contributed by atoms with Gasteiger partial charge in [-0.3, -0.25) is 5.43 Å². The number of likely N-dealkylation sites (N-methyl/N-ethyl adjacent to an activating group) is 1. The maximum Gasteiger partial charge on any atom is 0.119 e. The summed E-state index contributed by atoms with van der Waals surface area (Å²) in [5, 5.41) is 12.8. The van der Waals surface area contributed by atoms with E-state index in [1.165, 1.54) is 0 Å². The van der Waals surface area contributed by atoms with Crippen LogP contribution in [-0.4, -0.2) is 67.5 Å². The molecular weight excluding hydrogens is 290 g/mol. The molecule has 0 aliphatic carbocycles. The third kappa shape index (κ3) is 5.45. The van der Waals surface area contributed by atoms with Crippen LogP contribution in [0.5, 0.6) is 5.75 Å². The van der Waals surface area contributed by atoms with E-state index in [9.17, 15) is 5.11 Å². The molecule has 1 aromatic carbocycles. The maximum absolute atomic E-state index is 9.97. The lowest BCUT2D eigenvalue weighted by Crippen LogP contribution is -2.52. The lowest BCUT2D eigenvalue weighted by atomic mass is 10.2.